The molecule has 1 aliphatic carbocycles. The molecule has 3 atom stereocenters. The number of ether oxygens (including phenoxy) is 1. The van der Waals surface area contributed by atoms with Crippen LogP contribution in [0.4, 0.5) is 4.79 Å². The Morgan fingerprint density at radius 1 is 1.07 bits per heavy atom. The molecule has 2 N–H and O–H groups in total. The first-order chi connectivity index (χ1) is 13.1. The third-order valence-electron chi connectivity index (χ3n) is 6.34. The van der Waals surface area contributed by atoms with Gasteiger partial charge in [0.05, 0.1) is 0 Å². The number of amides is 1. The number of likely N-dealkylation sites (tertiary alicyclic amines) is 1. The highest BCUT2D eigenvalue weighted by Crippen LogP contribution is 2.44. The molecule has 27 heavy (non-hydrogen) atoms. The standard InChI is InChI=1S/C23H28N2O2/c1-15-13-25(16(2)11-17(15)12-24)23(26)27-14-22-20-9-5-3-7-18(20)19-8-4-6-10-21(19)22/h3-10,15-17,22H,11-14,24H2,1-2H3. The summed E-state index contributed by atoms with van der Waals surface area (Å²) in [6.45, 7) is 6.05. The van der Waals surface area contributed by atoms with Crippen LogP contribution in [0.2, 0.25) is 0 Å². The monoisotopic (exact) mass is 364 g/mol. The number of rotatable bonds is 3. The number of fused-ring (bicyclic) bond motifs is 3. The molecule has 4 nitrogen and oxygen atoms in total. The summed E-state index contributed by atoms with van der Waals surface area (Å²) in [5, 5.41) is 0. The van der Waals surface area contributed by atoms with Crippen molar-refractivity contribution in [1.82, 2.24) is 4.90 Å². The summed E-state index contributed by atoms with van der Waals surface area (Å²) in [4.78, 5) is 14.7. The highest BCUT2D eigenvalue weighted by molar-refractivity contribution is 5.79. The van der Waals surface area contributed by atoms with E-state index in [1.807, 2.05) is 4.90 Å². The molecular weight excluding hydrogens is 336 g/mol. The van der Waals surface area contributed by atoms with Gasteiger partial charge < -0.3 is 15.4 Å². The van der Waals surface area contributed by atoms with Gasteiger partial charge in [0.1, 0.15) is 6.61 Å². The molecule has 2 aromatic rings. The molecule has 3 unspecified atom stereocenters. The molecule has 1 saturated heterocycles. The number of carbonyl (C=O) groups is 1. The Labute approximate surface area is 161 Å². The van der Waals surface area contributed by atoms with Gasteiger partial charge in [-0.15, -0.1) is 0 Å². The van der Waals surface area contributed by atoms with Gasteiger partial charge in [0, 0.05) is 18.5 Å². The zero-order valence-electron chi connectivity index (χ0n) is 16.1. The average molecular weight is 364 g/mol. The Morgan fingerprint density at radius 2 is 1.67 bits per heavy atom. The molecule has 1 heterocycles. The predicted octanol–water partition coefficient (Wildman–Crippen LogP) is 4.24. The van der Waals surface area contributed by atoms with Crippen molar-refractivity contribution in [3.8, 4) is 11.1 Å². The summed E-state index contributed by atoms with van der Waals surface area (Å²) in [7, 11) is 0. The minimum atomic E-state index is -0.202. The van der Waals surface area contributed by atoms with Gasteiger partial charge in [-0.05, 0) is 54.0 Å². The van der Waals surface area contributed by atoms with Crippen molar-refractivity contribution in [1.29, 1.82) is 0 Å². The van der Waals surface area contributed by atoms with E-state index in [2.05, 4.69) is 62.4 Å². The summed E-state index contributed by atoms with van der Waals surface area (Å²) < 4.78 is 5.82. The van der Waals surface area contributed by atoms with Crippen molar-refractivity contribution in [2.75, 3.05) is 19.7 Å². The second-order valence-electron chi connectivity index (χ2n) is 8.01. The number of carbonyl (C=O) groups excluding carboxylic acids is 1. The lowest BCUT2D eigenvalue weighted by atomic mass is 9.84. The van der Waals surface area contributed by atoms with Crippen LogP contribution in [-0.4, -0.2) is 36.7 Å². The molecule has 2 aromatic carbocycles. The fourth-order valence-corrected chi connectivity index (χ4v) is 4.70. The van der Waals surface area contributed by atoms with E-state index in [4.69, 9.17) is 10.5 Å². The van der Waals surface area contributed by atoms with E-state index in [9.17, 15) is 4.79 Å². The Balaban J connectivity index is 1.48. The Kier molecular flexibility index (Phi) is 4.92. The molecule has 0 bridgehead atoms. The van der Waals surface area contributed by atoms with Gasteiger partial charge in [-0.1, -0.05) is 55.5 Å². The lowest BCUT2D eigenvalue weighted by Crippen LogP contribution is -2.50. The van der Waals surface area contributed by atoms with E-state index in [0.29, 0.717) is 25.0 Å². The molecule has 4 rings (SSSR count). The van der Waals surface area contributed by atoms with Gasteiger partial charge in [0.25, 0.3) is 0 Å². The lowest BCUT2D eigenvalue weighted by Gasteiger charge is -2.40. The van der Waals surface area contributed by atoms with E-state index in [1.54, 1.807) is 0 Å². The number of nitrogens with two attached hydrogens (primary N) is 1. The van der Waals surface area contributed by atoms with Crippen LogP contribution in [0, 0.1) is 11.8 Å². The van der Waals surface area contributed by atoms with Crippen molar-refractivity contribution < 1.29 is 9.53 Å². The van der Waals surface area contributed by atoms with E-state index < -0.39 is 0 Å². The SMILES string of the molecule is CC1CN(C(=O)OCC2c3ccccc3-c3ccccc32)C(C)CC1CN. The zero-order valence-corrected chi connectivity index (χ0v) is 16.1. The first kappa shape index (κ1) is 18.1. The first-order valence-corrected chi connectivity index (χ1v) is 9.91. The summed E-state index contributed by atoms with van der Waals surface area (Å²) >= 11 is 0. The van der Waals surface area contributed by atoms with Crippen molar-refractivity contribution in [3.63, 3.8) is 0 Å². The maximum absolute atomic E-state index is 12.8. The average Bonchev–Trinajstić information content (AvgIpc) is 3.01. The molecular formula is C23H28N2O2. The van der Waals surface area contributed by atoms with E-state index in [-0.39, 0.29) is 18.1 Å². The minimum absolute atomic E-state index is 0.107. The Hall–Kier alpha value is -2.33. The van der Waals surface area contributed by atoms with Gasteiger partial charge in [-0.25, -0.2) is 4.79 Å². The van der Waals surface area contributed by atoms with Crippen LogP contribution in [0.1, 0.15) is 37.3 Å². The van der Waals surface area contributed by atoms with Gasteiger partial charge in [0.2, 0.25) is 0 Å². The number of benzene rings is 2. The molecule has 0 radical (unpaired) electrons. The topological polar surface area (TPSA) is 55.6 Å². The van der Waals surface area contributed by atoms with Crippen LogP contribution in [-0.2, 0) is 4.74 Å². The van der Waals surface area contributed by atoms with Crippen LogP contribution < -0.4 is 5.73 Å². The second kappa shape index (κ2) is 7.35. The third-order valence-corrected chi connectivity index (χ3v) is 6.34. The van der Waals surface area contributed by atoms with E-state index >= 15 is 0 Å². The molecule has 4 heteroatoms. The van der Waals surface area contributed by atoms with Crippen LogP contribution in [0.3, 0.4) is 0 Å². The van der Waals surface area contributed by atoms with Gasteiger partial charge >= 0.3 is 6.09 Å². The smallest absolute Gasteiger partial charge is 0.410 e. The van der Waals surface area contributed by atoms with E-state index in [0.717, 1.165) is 13.0 Å². The minimum Gasteiger partial charge on any atom is -0.448 e. The van der Waals surface area contributed by atoms with Crippen molar-refractivity contribution in [2.24, 2.45) is 17.6 Å². The molecule has 0 saturated carbocycles. The molecule has 1 amide bonds. The molecule has 142 valence electrons. The summed E-state index contributed by atoms with van der Waals surface area (Å²) in [5.41, 5.74) is 10.9. The van der Waals surface area contributed by atoms with Crippen molar-refractivity contribution >= 4 is 6.09 Å². The molecule has 1 aliphatic heterocycles. The van der Waals surface area contributed by atoms with Crippen LogP contribution in [0.15, 0.2) is 48.5 Å². The quantitative estimate of drug-likeness (QED) is 0.886. The molecule has 1 fully saturated rings. The normalized spacial score (nSPS) is 24.4. The van der Waals surface area contributed by atoms with E-state index in [1.165, 1.54) is 22.3 Å². The van der Waals surface area contributed by atoms with Gasteiger partial charge in [0.15, 0.2) is 0 Å². The molecule has 0 spiro atoms. The fourth-order valence-electron chi connectivity index (χ4n) is 4.70. The van der Waals surface area contributed by atoms with Crippen molar-refractivity contribution in [2.45, 2.75) is 32.2 Å². The van der Waals surface area contributed by atoms with Gasteiger partial charge in [-0.2, -0.15) is 0 Å². The largest absolute Gasteiger partial charge is 0.448 e. The Bertz CT molecular complexity index is 789. The fraction of sp³-hybridized carbons (Fsp3) is 0.435. The van der Waals surface area contributed by atoms with Crippen LogP contribution >= 0.6 is 0 Å². The third kappa shape index (κ3) is 3.23. The summed E-state index contributed by atoms with van der Waals surface area (Å²) in [6.07, 6.45) is 0.744. The van der Waals surface area contributed by atoms with Crippen LogP contribution in [0.5, 0.6) is 0 Å². The molecule has 2 aliphatic rings. The highest BCUT2D eigenvalue weighted by atomic mass is 16.6. The number of hydrogen-bond acceptors (Lipinski definition) is 3. The predicted molar refractivity (Wildman–Crippen MR) is 108 cm³/mol. The Morgan fingerprint density at radius 3 is 2.26 bits per heavy atom. The number of nitrogens with zero attached hydrogens (tertiary/aromatic N) is 1. The highest BCUT2D eigenvalue weighted by Gasteiger charge is 2.35. The zero-order chi connectivity index (χ0) is 19.0. The van der Waals surface area contributed by atoms with Crippen molar-refractivity contribution in [3.05, 3.63) is 59.7 Å². The first-order valence-electron chi connectivity index (χ1n) is 9.91. The maximum Gasteiger partial charge on any atom is 0.410 e. The van der Waals surface area contributed by atoms with Crippen LogP contribution in [0.25, 0.3) is 11.1 Å². The summed E-state index contributed by atoms with van der Waals surface area (Å²) in [6, 6.07) is 17.0. The van der Waals surface area contributed by atoms with Gasteiger partial charge in [-0.3, -0.25) is 0 Å². The summed E-state index contributed by atoms with van der Waals surface area (Å²) in [5.74, 6) is 1.000. The number of hydrogen-bond donors (Lipinski definition) is 1. The lowest BCUT2D eigenvalue weighted by molar-refractivity contribution is 0.0475. The second-order valence-corrected chi connectivity index (χ2v) is 8.01. The number of piperidine rings is 1. The molecule has 0 aromatic heterocycles. The maximum atomic E-state index is 12.8.